The van der Waals surface area contributed by atoms with Crippen LogP contribution in [0.3, 0.4) is 0 Å². The van der Waals surface area contributed by atoms with Crippen LogP contribution in [0.2, 0.25) is 5.02 Å². The van der Waals surface area contributed by atoms with Gasteiger partial charge in [-0.25, -0.2) is 4.79 Å². The zero-order valence-electron chi connectivity index (χ0n) is 15.2. The molecule has 0 saturated carbocycles. The normalized spacial score (nSPS) is 10.6. The molecule has 0 aliphatic rings. The molecule has 1 amide bonds. The summed E-state index contributed by atoms with van der Waals surface area (Å²) in [5.74, 6) is -0.472. The van der Waals surface area contributed by atoms with Crippen LogP contribution in [0.1, 0.15) is 5.56 Å². The predicted molar refractivity (Wildman–Crippen MR) is 104 cm³/mol. The summed E-state index contributed by atoms with van der Waals surface area (Å²) in [5.41, 5.74) is 0.817. The number of nitriles is 1. The average molecular weight is 401 g/mol. The van der Waals surface area contributed by atoms with Crippen molar-refractivity contribution in [3.05, 3.63) is 58.6 Å². The van der Waals surface area contributed by atoms with Gasteiger partial charge in [0.15, 0.2) is 18.1 Å². The molecule has 0 aromatic heterocycles. The Bertz CT molecular complexity index is 950. The van der Waals surface area contributed by atoms with E-state index >= 15 is 0 Å². The van der Waals surface area contributed by atoms with E-state index in [0.717, 1.165) is 0 Å². The molecular weight excluding hydrogens is 384 g/mol. The first-order chi connectivity index (χ1) is 13.5. The minimum Gasteiger partial charge on any atom is -0.493 e. The minimum absolute atomic E-state index is 0.120. The van der Waals surface area contributed by atoms with E-state index in [1.54, 1.807) is 42.5 Å². The maximum atomic E-state index is 12.4. The lowest BCUT2D eigenvalue weighted by Gasteiger charge is -2.11. The second-order valence-corrected chi connectivity index (χ2v) is 5.79. The Morgan fingerprint density at radius 3 is 2.57 bits per heavy atom. The van der Waals surface area contributed by atoms with E-state index < -0.39 is 11.9 Å². The predicted octanol–water partition coefficient (Wildman–Crippen LogP) is 3.45. The molecular formula is C20H17ClN2O5. The molecule has 0 heterocycles. The largest absolute Gasteiger partial charge is 0.493 e. The van der Waals surface area contributed by atoms with Crippen LogP contribution in [-0.4, -0.2) is 32.7 Å². The number of para-hydroxylation sites is 1. The number of carbonyl (C=O) groups excluding carboxylic acids is 2. The number of nitrogens with zero attached hydrogens (tertiary/aromatic N) is 1. The number of amides is 1. The first-order valence-electron chi connectivity index (χ1n) is 8.03. The summed E-state index contributed by atoms with van der Waals surface area (Å²) in [6.45, 7) is -0.272. The lowest BCUT2D eigenvalue weighted by atomic mass is 10.1. The molecule has 0 fully saturated rings. The van der Waals surface area contributed by atoms with Gasteiger partial charge in [0.05, 0.1) is 24.9 Å². The van der Waals surface area contributed by atoms with Crippen LogP contribution >= 0.6 is 11.6 Å². The van der Waals surface area contributed by atoms with Gasteiger partial charge < -0.3 is 19.5 Å². The SMILES string of the molecule is COC(=O)COc1ccc(/C=C(\C#N)C(=O)Nc2ccccc2Cl)cc1OC. The Hall–Kier alpha value is -3.50. The average Bonchev–Trinajstić information content (AvgIpc) is 2.71. The molecule has 0 atom stereocenters. The Morgan fingerprint density at radius 2 is 1.93 bits per heavy atom. The van der Waals surface area contributed by atoms with Crippen molar-refractivity contribution in [2.45, 2.75) is 0 Å². The molecule has 0 aliphatic carbocycles. The number of benzene rings is 2. The van der Waals surface area contributed by atoms with Crippen molar-refractivity contribution in [1.29, 1.82) is 5.26 Å². The zero-order chi connectivity index (χ0) is 20.5. The second-order valence-electron chi connectivity index (χ2n) is 5.38. The summed E-state index contributed by atoms with van der Waals surface area (Å²) < 4.78 is 15.1. The maximum Gasteiger partial charge on any atom is 0.343 e. The van der Waals surface area contributed by atoms with Crippen molar-refractivity contribution in [2.24, 2.45) is 0 Å². The van der Waals surface area contributed by atoms with Gasteiger partial charge in [0.25, 0.3) is 5.91 Å². The number of hydrogen-bond donors (Lipinski definition) is 1. The molecule has 2 aromatic carbocycles. The van der Waals surface area contributed by atoms with Gasteiger partial charge in [0.1, 0.15) is 11.6 Å². The molecule has 7 nitrogen and oxygen atoms in total. The lowest BCUT2D eigenvalue weighted by molar-refractivity contribution is -0.142. The molecule has 0 spiro atoms. The van der Waals surface area contributed by atoms with E-state index in [1.165, 1.54) is 20.3 Å². The fourth-order valence-electron chi connectivity index (χ4n) is 2.16. The number of ether oxygens (including phenoxy) is 3. The Balaban J connectivity index is 2.21. The van der Waals surface area contributed by atoms with Gasteiger partial charge in [-0.2, -0.15) is 5.26 Å². The highest BCUT2D eigenvalue weighted by Gasteiger charge is 2.13. The van der Waals surface area contributed by atoms with Crippen LogP contribution in [0.15, 0.2) is 48.0 Å². The molecule has 0 unspecified atom stereocenters. The van der Waals surface area contributed by atoms with Gasteiger partial charge in [-0.15, -0.1) is 0 Å². The molecule has 0 radical (unpaired) electrons. The second kappa shape index (κ2) is 10.00. The van der Waals surface area contributed by atoms with Crippen LogP contribution in [0, 0.1) is 11.3 Å². The summed E-state index contributed by atoms with van der Waals surface area (Å²) in [6.07, 6.45) is 1.40. The van der Waals surface area contributed by atoms with Crippen LogP contribution < -0.4 is 14.8 Å². The number of hydrogen-bond acceptors (Lipinski definition) is 6. The summed E-state index contributed by atoms with van der Waals surface area (Å²) in [5, 5.41) is 12.3. The molecule has 0 aliphatic heterocycles. The highest BCUT2D eigenvalue weighted by molar-refractivity contribution is 6.34. The minimum atomic E-state index is -0.597. The number of carbonyl (C=O) groups is 2. The summed E-state index contributed by atoms with van der Waals surface area (Å²) in [4.78, 5) is 23.6. The van der Waals surface area contributed by atoms with Crippen molar-refractivity contribution < 1.29 is 23.8 Å². The quantitative estimate of drug-likeness (QED) is 0.434. The molecule has 8 heteroatoms. The van der Waals surface area contributed by atoms with Crippen LogP contribution in [0.4, 0.5) is 5.69 Å². The molecule has 1 N–H and O–H groups in total. The van der Waals surface area contributed by atoms with Gasteiger partial charge in [-0.1, -0.05) is 29.8 Å². The third-order valence-corrected chi connectivity index (χ3v) is 3.89. The number of anilines is 1. The standard InChI is InChI=1S/C20H17ClN2O5/c1-26-18-10-13(7-8-17(18)28-12-19(24)27-2)9-14(11-22)20(25)23-16-6-4-3-5-15(16)21/h3-10H,12H2,1-2H3,(H,23,25)/b14-9+. The van der Waals surface area contributed by atoms with Crippen molar-refractivity contribution in [2.75, 3.05) is 26.1 Å². The molecule has 144 valence electrons. The van der Waals surface area contributed by atoms with E-state index in [2.05, 4.69) is 10.1 Å². The summed E-state index contributed by atoms with van der Waals surface area (Å²) in [7, 11) is 2.69. The fraction of sp³-hybridized carbons (Fsp3) is 0.150. The van der Waals surface area contributed by atoms with E-state index in [-0.39, 0.29) is 12.2 Å². The Morgan fingerprint density at radius 1 is 1.18 bits per heavy atom. The van der Waals surface area contributed by atoms with Crippen LogP contribution in [0.25, 0.3) is 6.08 Å². The molecule has 28 heavy (non-hydrogen) atoms. The van der Waals surface area contributed by atoms with E-state index in [9.17, 15) is 14.9 Å². The van der Waals surface area contributed by atoms with Gasteiger partial charge >= 0.3 is 5.97 Å². The first-order valence-corrected chi connectivity index (χ1v) is 8.41. The number of nitrogens with one attached hydrogen (secondary N) is 1. The summed E-state index contributed by atoms with van der Waals surface area (Å²) in [6, 6.07) is 13.3. The van der Waals surface area contributed by atoms with Crippen molar-refractivity contribution in [3.63, 3.8) is 0 Å². The highest BCUT2D eigenvalue weighted by Crippen LogP contribution is 2.29. The molecule has 0 bridgehead atoms. The third-order valence-electron chi connectivity index (χ3n) is 3.56. The van der Waals surface area contributed by atoms with Gasteiger partial charge in [-0.3, -0.25) is 4.79 Å². The van der Waals surface area contributed by atoms with Gasteiger partial charge in [0, 0.05) is 0 Å². The Kier molecular flexibility index (Phi) is 7.43. The smallest absolute Gasteiger partial charge is 0.343 e. The number of methoxy groups -OCH3 is 2. The van der Waals surface area contributed by atoms with E-state index in [1.807, 2.05) is 6.07 Å². The van der Waals surface area contributed by atoms with Crippen LogP contribution in [0.5, 0.6) is 11.5 Å². The first kappa shape index (κ1) is 20.8. The maximum absolute atomic E-state index is 12.4. The van der Waals surface area contributed by atoms with Crippen LogP contribution in [-0.2, 0) is 14.3 Å². The third kappa shape index (κ3) is 5.50. The fourth-order valence-corrected chi connectivity index (χ4v) is 2.34. The molecule has 2 rings (SSSR count). The van der Waals surface area contributed by atoms with Crippen molar-refractivity contribution >= 4 is 35.2 Å². The lowest BCUT2D eigenvalue weighted by Crippen LogP contribution is -2.14. The summed E-state index contributed by atoms with van der Waals surface area (Å²) >= 11 is 6.02. The van der Waals surface area contributed by atoms with Crippen molar-refractivity contribution in [3.8, 4) is 17.6 Å². The van der Waals surface area contributed by atoms with E-state index in [0.29, 0.717) is 27.8 Å². The number of esters is 1. The highest BCUT2D eigenvalue weighted by atomic mass is 35.5. The van der Waals surface area contributed by atoms with Gasteiger partial charge in [0.2, 0.25) is 0 Å². The molecule has 2 aromatic rings. The van der Waals surface area contributed by atoms with Crippen molar-refractivity contribution in [1.82, 2.24) is 0 Å². The van der Waals surface area contributed by atoms with Gasteiger partial charge in [-0.05, 0) is 35.9 Å². The number of rotatable bonds is 7. The topological polar surface area (TPSA) is 97.7 Å². The zero-order valence-corrected chi connectivity index (χ0v) is 15.9. The Labute approximate surface area is 167 Å². The molecule has 0 saturated heterocycles. The monoisotopic (exact) mass is 400 g/mol. The van der Waals surface area contributed by atoms with E-state index in [4.69, 9.17) is 21.1 Å². The number of halogens is 1.